The van der Waals surface area contributed by atoms with Crippen LogP contribution in [-0.2, 0) is 24.0 Å². The van der Waals surface area contributed by atoms with E-state index in [9.17, 15) is 18.8 Å². The summed E-state index contributed by atoms with van der Waals surface area (Å²) in [7, 11) is 0. The molecule has 1 N–H and O–H groups in total. The number of thioether (sulfide) groups is 1. The van der Waals surface area contributed by atoms with Gasteiger partial charge >= 0.3 is 5.97 Å². The number of rotatable bonds is 5. The zero-order valence-corrected chi connectivity index (χ0v) is 18.4. The van der Waals surface area contributed by atoms with Gasteiger partial charge in [-0.3, -0.25) is 9.59 Å². The van der Waals surface area contributed by atoms with Crippen LogP contribution >= 0.6 is 35.0 Å². The first-order chi connectivity index (χ1) is 14.8. The number of amides is 2. The predicted molar refractivity (Wildman–Crippen MR) is 116 cm³/mol. The molecule has 2 heterocycles. The molecule has 0 aromatic heterocycles. The van der Waals surface area contributed by atoms with E-state index in [1.54, 1.807) is 12.1 Å². The van der Waals surface area contributed by atoms with Crippen molar-refractivity contribution < 1.29 is 23.5 Å². The Bertz CT molecular complexity index is 1030. The van der Waals surface area contributed by atoms with Crippen LogP contribution in [0.25, 0.3) is 0 Å². The van der Waals surface area contributed by atoms with Crippen LogP contribution in [0.4, 0.5) is 10.1 Å². The highest BCUT2D eigenvalue weighted by Gasteiger charge is 2.57. The summed E-state index contributed by atoms with van der Waals surface area (Å²) in [6, 6.07) is 9.67. The van der Waals surface area contributed by atoms with Gasteiger partial charge in [-0.25, -0.2) is 9.18 Å². The maximum atomic E-state index is 13.4. The first-order valence-electron chi connectivity index (χ1n) is 9.43. The summed E-state index contributed by atoms with van der Waals surface area (Å²) >= 11 is 13.3. The second kappa shape index (κ2) is 8.68. The minimum Gasteiger partial charge on any atom is -0.454 e. The standard InChI is InChI=1S/C21H17Cl2FN2O4S/c22-13-7-14(23)9-16(8-13)25-18(27)10-30-20(29)17-11-31-21(6-5-19(28)26(17)21)12-1-3-15(24)4-2-12/h1-4,7-9,17H,5-6,10-11H2,(H,25,27)/t17-,21+/m0/s1. The number of benzene rings is 2. The Balaban J connectivity index is 1.42. The molecule has 0 unspecified atom stereocenters. The number of hydrogen-bond acceptors (Lipinski definition) is 5. The molecule has 4 rings (SSSR count). The molecule has 0 radical (unpaired) electrons. The number of ether oxygens (including phenoxy) is 1. The highest BCUT2D eigenvalue weighted by atomic mass is 35.5. The molecule has 2 atom stereocenters. The van der Waals surface area contributed by atoms with E-state index >= 15 is 0 Å². The number of halogens is 3. The smallest absolute Gasteiger partial charge is 0.330 e. The van der Waals surface area contributed by atoms with Gasteiger partial charge in [0.05, 0.1) is 0 Å². The SMILES string of the molecule is O=C(COC(=O)[C@@H]1CS[C@@]2(c3ccc(F)cc3)CCC(=O)N12)Nc1cc(Cl)cc(Cl)c1. The van der Waals surface area contributed by atoms with Crippen LogP contribution in [0.5, 0.6) is 0 Å². The third-order valence-corrected chi connectivity index (χ3v) is 7.22. The van der Waals surface area contributed by atoms with Gasteiger partial charge in [0.25, 0.3) is 5.91 Å². The Morgan fingerprint density at radius 3 is 2.55 bits per heavy atom. The van der Waals surface area contributed by atoms with E-state index in [1.165, 1.54) is 47.0 Å². The fourth-order valence-corrected chi connectivity index (χ4v) is 6.05. The maximum absolute atomic E-state index is 13.4. The van der Waals surface area contributed by atoms with E-state index in [4.69, 9.17) is 27.9 Å². The van der Waals surface area contributed by atoms with Crippen molar-refractivity contribution in [2.45, 2.75) is 23.8 Å². The highest BCUT2D eigenvalue weighted by molar-refractivity contribution is 8.00. The summed E-state index contributed by atoms with van der Waals surface area (Å²) in [5.41, 5.74) is 1.13. The lowest BCUT2D eigenvalue weighted by Crippen LogP contribution is -2.47. The van der Waals surface area contributed by atoms with Crippen LogP contribution < -0.4 is 5.32 Å². The van der Waals surface area contributed by atoms with E-state index in [0.717, 1.165) is 5.56 Å². The Morgan fingerprint density at radius 1 is 1.19 bits per heavy atom. The lowest BCUT2D eigenvalue weighted by molar-refractivity contribution is -0.155. The average molecular weight is 483 g/mol. The number of carbonyl (C=O) groups is 3. The third kappa shape index (κ3) is 4.37. The second-order valence-corrected chi connectivity index (χ2v) is 9.37. The molecule has 6 nitrogen and oxygen atoms in total. The van der Waals surface area contributed by atoms with Crippen LogP contribution in [-0.4, -0.2) is 41.1 Å². The maximum Gasteiger partial charge on any atom is 0.330 e. The van der Waals surface area contributed by atoms with Crippen LogP contribution in [0.3, 0.4) is 0 Å². The van der Waals surface area contributed by atoms with E-state index in [2.05, 4.69) is 5.32 Å². The van der Waals surface area contributed by atoms with Crippen molar-refractivity contribution in [3.63, 3.8) is 0 Å². The summed E-state index contributed by atoms with van der Waals surface area (Å²) in [4.78, 5) is 38.3. The largest absolute Gasteiger partial charge is 0.454 e. The van der Waals surface area contributed by atoms with Crippen molar-refractivity contribution in [1.82, 2.24) is 4.90 Å². The Morgan fingerprint density at radius 2 is 1.87 bits per heavy atom. The topological polar surface area (TPSA) is 75.7 Å². The molecule has 2 aromatic carbocycles. The predicted octanol–water partition coefficient (Wildman–Crippen LogP) is 4.21. The summed E-state index contributed by atoms with van der Waals surface area (Å²) in [5, 5.41) is 3.27. The van der Waals surface area contributed by atoms with E-state index in [0.29, 0.717) is 27.9 Å². The van der Waals surface area contributed by atoms with Crippen molar-refractivity contribution in [2.75, 3.05) is 17.7 Å². The first-order valence-corrected chi connectivity index (χ1v) is 11.2. The van der Waals surface area contributed by atoms with E-state index < -0.39 is 29.4 Å². The molecule has 0 saturated carbocycles. The molecule has 2 fully saturated rings. The number of nitrogens with zero attached hydrogens (tertiary/aromatic N) is 1. The number of nitrogens with one attached hydrogen (secondary N) is 1. The van der Waals surface area contributed by atoms with Crippen LogP contribution in [0.2, 0.25) is 10.0 Å². The zero-order chi connectivity index (χ0) is 22.2. The van der Waals surface area contributed by atoms with Crippen molar-refractivity contribution in [1.29, 1.82) is 0 Å². The molecule has 0 aliphatic carbocycles. The van der Waals surface area contributed by atoms with E-state index in [-0.39, 0.29) is 18.1 Å². The fourth-order valence-electron chi connectivity index (χ4n) is 3.88. The molecular formula is C21H17Cl2FN2O4S. The highest BCUT2D eigenvalue weighted by Crippen LogP contribution is 2.54. The molecule has 31 heavy (non-hydrogen) atoms. The molecule has 2 aliphatic rings. The fraction of sp³-hybridized carbons (Fsp3) is 0.286. The van der Waals surface area contributed by atoms with Crippen molar-refractivity contribution in [3.05, 3.63) is 63.9 Å². The van der Waals surface area contributed by atoms with Gasteiger partial charge in [0.1, 0.15) is 16.7 Å². The second-order valence-electron chi connectivity index (χ2n) is 7.20. The minimum absolute atomic E-state index is 0.172. The Kier molecular flexibility index (Phi) is 6.14. The Labute approximate surface area is 192 Å². The van der Waals surface area contributed by atoms with Crippen molar-refractivity contribution in [2.24, 2.45) is 0 Å². The number of esters is 1. The van der Waals surface area contributed by atoms with Crippen LogP contribution in [0.1, 0.15) is 18.4 Å². The van der Waals surface area contributed by atoms with Gasteiger partial charge in [-0.2, -0.15) is 0 Å². The summed E-state index contributed by atoms with van der Waals surface area (Å²) in [5.74, 6) is -1.44. The molecular weight excluding hydrogens is 466 g/mol. The number of hydrogen-bond donors (Lipinski definition) is 1. The van der Waals surface area contributed by atoms with Crippen LogP contribution in [0, 0.1) is 5.82 Å². The molecule has 10 heteroatoms. The van der Waals surface area contributed by atoms with Gasteiger partial charge in [-0.15, -0.1) is 11.8 Å². The third-order valence-electron chi connectivity index (χ3n) is 5.19. The quantitative estimate of drug-likeness (QED) is 0.646. The van der Waals surface area contributed by atoms with Gasteiger partial charge in [-0.1, -0.05) is 35.3 Å². The van der Waals surface area contributed by atoms with Crippen molar-refractivity contribution >= 4 is 58.4 Å². The first kappa shape index (κ1) is 21.9. The molecule has 2 amide bonds. The molecule has 0 spiro atoms. The molecule has 2 aliphatic heterocycles. The molecule has 162 valence electrons. The number of fused-ring (bicyclic) bond motifs is 1. The monoisotopic (exact) mass is 482 g/mol. The summed E-state index contributed by atoms with van der Waals surface area (Å²) < 4.78 is 18.6. The molecule has 0 bridgehead atoms. The van der Waals surface area contributed by atoms with Gasteiger partial charge in [0.15, 0.2) is 6.61 Å². The van der Waals surface area contributed by atoms with E-state index in [1.807, 2.05) is 0 Å². The summed E-state index contributed by atoms with van der Waals surface area (Å²) in [6.07, 6.45) is 0.798. The average Bonchev–Trinajstić information content (AvgIpc) is 3.25. The van der Waals surface area contributed by atoms with Gasteiger partial charge in [-0.05, 0) is 42.3 Å². The van der Waals surface area contributed by atoms with Gasteiger partial charge in [0, 0.05) is 27.9 Å². The number of carbonyl (C=O) groups excluding carboxylic acids is 3. The lowest BCUT2D eigenvalue weighted by Gasteiger charge is -2.33. The minimum atomic E-state index is -0.821. The zero-order valence-electron chi connectivity index (χ0n) is 16.1. The Hall–Kier alpha value is -2.29. The number of anilines is 1. The van der Waals surface area contributed by atoms with Crippen LogP contribution in [0.15, 0.2) is 42.5 Å². The van der Waals surface area contributed by atoms with Gasteiger partial charge < -0.3 is 15.0 Å². The normalized spacial score (nSPS) is 22.4. The molecule has 2 saturated heterocycles. The summed E-state index contributed by atoms with van der Waals surface area (Å²) in [6.45, 7) is -0.518. The molecule has 2 aromatic rings. The van der Waals surface area contributed by atoms with Gasteiger partial charge in [0.2, 0.25) is 5.91 Å². The van der Waals surface area contributed by atoms with Crippen molar-refractivity contribution in [3.8, 4) is 0 Å². The lowest BCUT2D eigenvalue weighted by atomic mass is 10.0.